The smallest absolute Gasteiger partial charge is 0.245 e. The predicted molar refractivity (Wildman–Crippen MR) is 107 cm³/mol. The molecule has 8 heteroatoms. The summed E-state index contributed by atoms with van der Waals surface area (Å²) < 4.78 is 0. The molecule has 4 N–H and O–H groups in total. The van der Waals surface area contributed by atoms with Gasteiger partial charge < -0.3 is 16.4 Å². The van der Waals surface area contributed by atoms with E-state index in [1.807, 2.05) is 31.2 Å². The van der Waals surface area contributed by atoms with Crippen LogP contribution in [0.1, 0.15) is 30.0 Å². The third-order valence-electron chi connectivity index (χ3n) is 3.95. The summed E-state index contributed by atoms with van der Waals surface area (Å²) in [5, 5.41) is 5.48. The number of anilines is 2. The molecule has 1 aliphatic carbocycles. The number of halogens is 2. The van der Waals surface area contributed by atoms with E-state index in [2.05, 4.69) is 15.6 Å². The number of rotatable bonds is 5. The minimum Gasteiger partial charge on any atom is -0.323 e. The van der Waals surface area contributed by atoms with E-state index in [-0.39, 0.29) is 42.5 Å². The van der Waals surface area contributed by atoms with Crippen LogP contribution < -0.4 is 16.4 Å². The van der Waals surface area contributed by atoms with Gasteiger partial charge in [-0.05, 0) is 37.5 Å². The number of carbonyl (C=O) groups excluding carboxylic acids is 2. The summed E-state index contributed by atoms with van der Waals surface area (Å²) in [5.41, 5.74) is 8.38. The SMILES string of the molecule is Cc1ccc(C(N)C(=O)Nc2ccc(NC(=O)C3CC3)nc2)cc1.Cl.Cl. The van der Waals surface area contributed by atoms with Crippen molar-refractivity contribution in [3.63, 3.8) is 0 Å². The number of nitrogens with one attached hydrogen (secondary N) is 2. The first kappa shape index (κ1) is 21.9. The number of nitrogens with zero attached hydrogens (tertiary/aromatic N) is 1. The molecule has 140 valence electrons. The number of hydrogen-bond donors (Lipinski definition) is 3. The van der Waals surface area contributed by atoms with E-state index in [9.17, 15) is 9.59 Å². The third kappa shape index (κ3) is 5.69. The number of nitrogens with two attached hydrogens (primary N) is 1. The fraction of sp³-hybridized carbons (Fsp3) is 0.278. The molecule has 0 saturated heterocycles. The molecular formula is C18H22Cl2N4O2. The van der Waals surface area contributed by atoms with Gasteiger partial charge in [-0.1, -0.05) is 29.8 Å². The zero-order valence-corrected chi connectivity index (χ0v) is 15.9. The molecule has 1 atom stereocenters. The van der Waals surface area contributed by atoms with Crippen molar-refractivity contribution in [2.24, 2.45) is 11.7 Å². The maximum Gasteiger partial charge on any atom is 0.245 e. The molecular weight excluding hydrogens is 375 g/mol. The molecule has 1 heterocycles. The molecule has 1 unspecified atom stereocenters. The molecule has 1 aliphatic rings. The molecule has 26 heavy (non-hydrogen) atoms. The number of aromatic nitrogens is 1. The Labute approximate surface area is 164 Å². The normalized spacial score (nSPS) is 13.6. The molecule has 6 nitrogen and oxygen atoms in total. The van der Waals surface area contributed by atoms with Gasteiger partial charge in [0.25, 0.3) is 0 Å². The minimum atomic E-state index is -0.750. The maximum atomic E-state index is 12.2. The fourth-order valence-corrected chi connectivity index (χ4v) is 2.26. The highest BCUT2D eigenvalue weighted by Gasteiger charge is 2.29. The second kappa shape index (κ2) is 9.52. The van der Waals surface area contributed by atoms with Crippen LogP contribution in [0.4, 0.5) is 11.5 Å². The highest BCUT2D eigenvalue weighted by atomic mass is 35.5. The van der Waals surface area contributed by atoms with Gasteiger partial charge in [0.15, 0.2) is 0 Å². The Morgan fingerprint density at radius 1 is 1.08 bits per heavy atom. The van der Waals surface area contributed by atoms with Crippen LogP contribution in [-0.2, 0) is 9.59 Å². The Morgan fingerprint density at radius 2 is 1.73 bits per heavy atom. The van der Waals surface area contributed by atoms with Crippen molar-refractivity contribution in [1.82, 2.24) is 4.98 Å². The van der Waals surface area contributed by atoms with Crippen molar-refractivity contribution in [2.75, 3.05) is 10.6 Å². The minimum absolute atomic E-state index is 0. The lowest BCUT2D eigenvalue weighted by atomic mass is 10.1. The lowest BCUT2D eigenvalue weighted by molar-refractivity contribution is -0.118. The molecule has 1 aromatic heterocycles. The predicted octanol–water partition coefficient (Wildman–Crippen LogP) is 3.22. The average molecular weight is 397 g/mol. The van der Waals surface area contributed by atoms with Crippen molar-refractivity contribution in [1.29, 1.82) is 0 Å². The molecule has 0 spiro atoms. The van der Waals surface area contributed by atoms with Gasteiger partial charge in [0.1, 0.15) is 11.9 Å². The van der Waals surface area contributed by atoms with Crippen LogP contribution in [0.3, 0.4) is 0 Å². The van der Waals surface area contributed by atoms with E-state index in [0.29, 0.717) is 11.5 Å². The molecule has 0 bridgehead atoms. The first-order chi connectivity index (χ1) is 11.5. The largest absolute Gasteiger partial charge is 0.323 e. The maximum absolute atomic E-state index is 12.2. The zero-order valence-electron chi connectivity index (χ0n) is 14.3. The Bertz CT molecular complexity index is 747. The van der Waals surface area contributed by atoms with Crippen LogP contribution in [-0.4, -0.2) is 16.8 Å². The van der Waals surface area contributed by atoms with Gasteiger partial charge in [-0.3, -0.25) is 9.59 Å². The van der Waals surface area contributed by atoms with E-state index in [1.54, 1.807) is 12.1 Å². The quantitative estimate of drug-likeness (QED) is 0.722. The van der Waals surface area contributed by atoms with Crippen LogP contribution in [0.25, 0.3) is 0 Å². The van der Waals surface area contributed by atoms with Gasteiger partial charge in [0.2, 0.25) is 11.8 Å². The lowest BCUT2D eigenvalue weighted by Crippen LogP contribution is -2.27. The fourth-order valence-electron chi connectivity index (χ4n) is 2.26. The molecule has 2 amide bonds. The second-order valence-corrected chi connectivity index (χ2v) is 6.07. The Balaban J connectivity index is 0.00000169. The zero-order chi connectivity index (χ0) is 17.1. The van der Waals surface area contributed by atoms with Crippen molar-refractivity contribution < 1.29 is 9.59 Å². The molecule has 1 saturated carbocycles. The first-order valence-corrected chi connectivity index (χ1v) is 7.93. The molecule has 0 aliphatic heterocycles. The topological polar surface area (TPSA) is 97.1 Å². The van der Waals surface area contributed by atoms with Crippen molar-refractivity contribution >= 4 is 48.1 Å². The summed E-state index contributed by atoms with van der Waals surface area (Å²) in [5.74, 6) is 0.294. The summed E-state index contributed by atoms with van der Waals surface area (Å²) in [6.07, 6.45) is 3.38. The first-order valence-electron chi connectivity index (χ1n) is 7.93. The van der Waals surface area contributed by atoms with E-state index < -0.39 is 6.04 Å². The Morgan fingerprint density at radius 3 is 2.27 bits per heavy atom. The van der Waals surface area contributed by atoms with Gasteiger partial charge in [0, 0.05) is 5.92 Å². The number of aryl methyl sites for hydroxylation is 1. The summed E-state index contributed by atoms with van der Waals surface area (Å²) in [6.45, 7) is 1.98. The van der Waals surface area contributed by atoms with E-state index in [0.717, 1.165) is 24.0 Å². The molecule has 2 aromatic rings. The highest BCUT2D eigenvalue weighted by Crippen LogP contribution is 2.30. The van der Waals surface area contributed by atoms with Crippen molar-refractivity contribution in [2.45, 2.75) is 25.8 Å². The standard InChI is InChI=1S/C18H20N4O2.2ClH/c1-11-2-4-12(5-3-11)16(19)18(24)21-14-8-9-15(20-10-14)22-17(23)13-6-7-13;;/h2-5,8-10,13,16H,6-7,19H2,1H3,(H,21,24)(H,20,22,23);2*1H. The van der Waals surface area contributed by atoms with Crippen LogP contribution >= 0.6 is 24.8 Å². The number of carbonyl (C=O) groups is 2. The average Bonchev–Trinajstić information content (AvgIpc) is 3.41. The summed E-state index contributed by atoms with van der Waals surface area (Å²) in [7, 11) is 0. The van der Waals surface area contributed by atoms with Crippen LogP contribution in [0.15, 0.2) is 42.6 Å². The monoisotopic (exact) mass is 396 g/mol. The van der Waals surface area contributed by atoms with Gasteiger partial charge in [0.05, 0.1) is 11.9 Å². The molecule has 0 radical (unpaired) electrons. The van der Waals surface area contributed by atoms with E-state index in [4.69, 9.17) is 5.73 Å². The van der Waals surface area contributed by atoms with Gasteiger partial charge in [-0.25, -0.2) is 4.98 Å². The van der Waals surface area contributed by atoms with E-state index >= 15 is 0 Å². The molecule has 1 fully saturated rings. The van der Waals surface area contributed by atoms with E-state index in [1.165, 1.54) is 6.20 Å². The Hall–Kier alpha value is -2.15. The summed E-state index contributed by atoms with van der Waals surface area (Å²) in [4.78, 5) is 28.0. The second-order valence-electron chi connectivity index (χ2n) is 6.07. The highest BCUT2D eigenvalue weighted by molar-refractivity contribution is 5.96. The number of benzene rings is 1. The van der Waals surface area contributed by atoms with Crippen LogP contribution in [0.5, 0.6) is 0 Å². The number of pyridine rings is 1. The Kier molecular flexibility index (Phi) is 8.02. The molecule has 1 aromatic carbocycles. The number of hydrogen-bond acceptors (Lipinski definition) is 4. The van der Waals surface area contributed by atoms with Gasteiger partial charge in [-0.2, -0.15) is 0 Å². The molecule has 3 rings (SSSR count). The van der Waals surface area contributed by atoms with Gasteiger partial charge in [-0.15, -0.1) is 24.8 Å². The van der Waals surface area contributed by atoms with Crippen molar-refractivity contribution in [3.8, 4) is 0 Å². The third-order valence-corrected chi connectivity index (χ3v) is 3.95. The number of amides is 2. The summed E-state index contributed by atoms with van der Waals surface area (Å²) in [6, 6.07) is 10.1. The lowest BCUT2D eigenvalue weighted by Gasteiger charge is -2.13. The summed E-state index contributed by atoms with van der Waals surface area (Å²) >= 11 is 0. The van der Waals surface area contributed by atoms with Crippen molar-refractivity contribution in [3.05, 3.63) is 53.7 Å². The van der Waals surface area contributed by atoms with Gasteiger partial charge >= 0.3 is 0 Å². The van der Waals surface area contributed by atoms with Crippen LogP contribution in [0.2, 0.25) is 0 Å². The van der Waals surface area contributed by atoms with Crippen LogP contribution in [0, 0.1) is 12.8 Å².